The Bertz CT molecular complexity index is 843. The molecule has 0 radical (unpaired) electrons. The average Bonchev–Trinajstić information content (AvgIpc) is 2.95. The fourth-order valence-corrected chi connectivity index (χ4v) is 3.26. The zero-order valence-corrected chi connectivity index (χ0v) is 15.5. The van der Waals surface area contributed by atoms with Gasteiger partial charge in [-0.05, 0) is 30.9 Å². The fraction of sp³-hybridized carbons (Fsp3) is 0.450. The summed E-state index contributed by atoms with van der Waals surface area (Å²) in [5.41, 5.74) is 7.48. The van der Waals surface area contributed by atoms with Crippen LogP contribution in [0.3, 0.4) is 0 Å². The Morgan fingerprint density at radius 1 is 1.15 bits per heavy atom. The summed E-state index contributed by atoms with van der Waals surface area (Å²) in [6, 6.07) is 5.93. The van der Waals surface area contributed by atoms with E-state index < -0.39 is 5.91 Å². The van der Waals surface area contributed by atoms with Crippen molar-refractivity contribution in [1.82, 2.24) is 15.8 Å². The van der Waals surface area contributed by atoms with Crippen LogP contribution in [0.2, 0.25) is 0 Å². The number of nitrogens with zero attached hydrogens (tertiary/aromatic N) is 1. The molecule has 0 aliphatic carbocycles. The summed E-state index contributed by atoms with van der Waals surface area (Å²) >= 11 is 0. The van der Waals surface area contributed by atoms with Crippen molar-refractivity contribution in [3.8, 4) is 0 Å². The third-order valence-corrected chi connectivity index (χ3v) is 4.83. The molecule has 0 spiro atoms. The van der Waals surface area contributed by atoms with E-state index in [2.05, 4.69) is 17.8 Å². The van der Waals surface area contributed by atoms with Crippen molar-refractivity contribution < 1.29 is 18.8 Å². The molecule has 0 unspecified atom stereocenters. The van der Waals surface area contributed by atoms with Gasteiger partial charge in [0.2, 0.25) is 11.8 Å². The first-order chi connectivity index (χ1) is 13.1. The molecule has 3 rings (SSSR count). The Morgan fingerprint density at radius 2 is 1.96 bits per heavy atom. The molecule has 144 valence electrons. The topological polar surface area (TPSA) is 91.7 Å². The summed E-state index contributed by atoms with van der Waals surface area (Å²) in [5, 5.41) is 0.892. The maximum Gasteiger partial charge on any atom is 0.257 e. The van der Waals surface area contributed by atoms with Crippen molar-refractivity contribution in [2.45, 2.75) is 45.4 Å². The van der Waals surface area contributed by atoms with Gasteiger partial charge in [0, 0.05) is 23.9 Å². The van der Waals surface area contributed by atoms with Crippen LogP contribution in [0, 0.1) is 0 Å². The van der Waals surface area contributed by atoms with Gasteiger partial charge in [-0.1, -0.05) is 25.5 Å². The summed E-state index contributed by atoms with van der Waals surface area (Å²) in [5.74, 6) is -0.749. The van der Waals surface area contributed by atoms with Gasteiger partial charge in [-0.3, -0.25) is 25.2 Å². The smallest absolute Gasteiger partial charge is 0.257 e. The number of furan rings is 1. The Balaban J connectivity index is 1.50. The van der Waals surface area contributed by atoms with Crippen molar-refractivity contribution in [2.75, 3.05) is 13.1 Å². The molecule has 0 saturated carbocycles. The summed E-state index contributed by atoms with van der Waals surface area (Å²) in [7, 11) is 0. The van der Waals surface area contributed by atoms with Gasteiger partial charge in [-0.15, -0.1) is 0 Å². The highest BCUT2D eigenvalue weighted by Crippen LogP contribution is 2.23. The molecule has 1 fully saturated rings. The molecule has 7 heteroatoms. The van der Waals surface area contributed by atoms with Crippen LogP contribution in [0.15, 0.2) is 28.9 Å². The van der Waals surface area contributed by atoms with Gasteiger partial charge in [-0.25, -0.2) is 0 Å². The van der Waals surface area contributed by atoms with Crippen molar-refractivity contribution in [2.24, 2.45) is 0 Å². The van der Waals surface area contributed by atoms with E-state index in [4.69, 9.17) is 4.42 Å². The van der Waals surface area contributed by atoms with E-state index in [0.29, 0.717) is 13.0 Å². The molecule has 2 heterocycles. The molecule has 2 aromatic rings. The van der Waals surface area contributed by atoms with E-state index in [1.54, 1.807) is 11.2 Å². The number of likely N-dealkylation sites (tertiary alicyclic amines) is 1. The maximum absolute atomic E-state index is 12.1. The molecule has 3 amide bonds. The molecule has 1 saturated heterocycles. The minimum Gasteiger partial charge on any atom is -0.464 e. The number of hydrazine groups is 1. The van der Waals surface area contributed by atoms with Gasteiger partial charge >= 0.3 is 0 Å². The van der Waals surface area contributed by atoms with Crippen LogP contribution in [-0.2, 0) is 27.2 Å². The molecule has 2 N–H and O–H groups in total. The number of fused-ring (bicyclic) bond motifs is 1. The van der Waals surface area contributed by atoms with E-state index in [9.17, 15) is 14.4 Å². The lowest BCUT2D eigenvalue weighted by Gasteiger charge is -2.19. The van der Waals surface area contributed by atoms with Crippen molar-refractivity contribution in [1.29, 1.82) is 0 Å². The van der Waals surface area contributed by atoms with Gasteiger partial charge in [0.15, 0.2) is 0 Å². The van der Waals surface area contributed by atoms with E-state index >= 15 is 0 Å². The lowest BCUT2D eigenvalue weighted by Crippen LogP contribution is -2.48. The van der Waals surface area contributed by atoms with E-state index in [1.165, 1.54) is 5.56 Å². The maximum atomic E-state index is 12.1. The highest BCUT2D eigenvalue weighted by Gasteiger charge is 2.19. The molecule has 27 heavy (non-hydrogen) atoms. The van der Waals surface area contributed by atoms with Gasteiger partial charge in [0.25, 0.3) is 5.91 Å². The number of nitrogens with one attached hydrogen (secondary N) is 2. The molecule has 1 aromatic carbocycles. The van der Waals surface area contributed by atoms with Crippen LogP contribution in [0.4, 0.5) is 0 Å². The van der Waals surface area contributed by atoms with Gasteiger partial charge in [0.05, 0.1) is 12.7 Å². The summed E-state index contributed by atoms with van der Waals surface area (Å²) in [6.07, 6.45) is 5.83. The molecule has 1 aliphatic rings. The third kappa shape index (κ3) is 4.87. The standard InChI is InChI=1S/C20H25N3O4/c1-2-14-7-8-16-15(13-27-17(16)10-14)11-18(24)21-22-19(25)12-23-9-5-3-4-6-20(23)26/h7-8,10,13H,2-6,9,11-12H2,1H3,(H,21,24)(H,22,25). The number of carbonyl (C=O) groups is 3. The summed E-state index contributed by atoms with van der Waals surface area (Å²) in [6.45, 7) is 2.62. The highest BCUT2D eigenvalue weighted by molar-refractivity contribution is 5.90. The minimum absolute atomic E-state index is 0.00899. The predicted molar refractivity (Wildman–Crippen MR) is 101 cm³/mol. The van der Waals surface area contributed by atoms with Crippen molar-refractivity contribution in [3.63, 3.8) is 0 Å². The average molecular weight is 371 g/mol. The molecular weight excluding hydrogens is 346 g/mol. The summed E-state index contributed by atoms with van der Waals surface area (Å²) in [4.78, 5) is 37.6. The first-order valence-electron chi connectivity index (χ1n) is 9.41. The molecule has 7 nitrogen and oxygen atoms in total. The number of aryl methyl sites for hydroxylation is 1. The second-order valence-corrected chi connectivity index (χ2v) is 6.84. The van der Waals surface area contributed by atoms with E-state index in [0.717, 1.165) is 42.2 Å². The minimum atomic E-state index is -0.400. The third-order valence-electron chi connectivity index (χ3n) is 4.83. The van der Waals surface area contributed by atoms with Crippen LogP contribution >= 0.6 is 0 Å². The van der Waals surface area contributed by atoms with Gasteiger partial charge in [-0.2, -0.15) is 0 Å². The second kappa shape index (κ2) is 8.70. The lowest BCUT2D eigenvalue weighted by molar-refractivity contribution is -0.136. The number of rotatable bonds is 5. The monoisotopic (exact) mass is 371 g/mol. The van der Waals surface area contributed by atoms with Crippen LogP contribution in [0.5, 0.6) is 0 Å². The lowest BCUT2D eigenvalue weighted by atomic mass is 10.1. The summed E-state index contributed by atoms with van der Waals surface area (Å²) < 4.78 is 5.53. The molecular formula is C20H25N3O4. The van der Waals surface area contributed by atoms with Gasteiger partial charge in [0.1, 0.15) is 12.1 Å². The molecule has 0 atom stereocenters. The van der Waals surface area contributed by atoms with E-state index in [1.807, 2.05) is 18.2 Å². The normalized spacial score (nSPS) is 14.9. The van der Waals surface area contributed by atoms with Crippen molar-refractivity contribution in [3.05, 3.63) is 35.6 Å². The Morgan fingerprint density at radius 3 is 2.78 bits per heavy atom. The first-order valence-corrected chi connectivity index (χ1v) is 9.41. The number of amides is 3. The zero-order valence-electron chi connectivity index (χ0n) is 15.5. The SMILES string of the molecule is CCc1ccc2c(CC(=O)NNC(=O)CN3CCCCCC3=O)coc2c1. The predicted octanol–water partition coefficient (Wildman–Crippen LogP) is 2.09. The Labute approximate surface area is 158 Å². The van der Waals surface area contributed by atoms with Gasteiger partial charge < -0.3 is 9.32 Å². The van der Waals surface area contributed by atoms with Crippen LogP contribution in [0.25, 0.3) is 11.0 Å². The zero-order chi connectivity index (χ0) is 19.2. The number of carbonyl (C=O) groups excluding carboxylic acids is 3. The number of benzene rings is 1. The molecule has 1 aliphatic heterocycles. The largest absolute Gasteiger partial charge is 0.464 e. The first kappa shape index (κ1) is 18.9. The number of hydrogen-bond acceptors (Lipinski definition) is 4. The van der Waals surface area contributed by atoms with Crippen LogP contribution in [-0.4, -0.2) is 35.7 Å². The quantitative estimate of drug-likeness (QED) is 0.787. The Kier molecular flexibility index (Phi) is 6.11. The van der Waals surface area contributed by atoms with Crippen LogP contribution < -0.4 is 10.9 Å². The molecule has 1 aromatic heterocycles. The Hall–Kier alpha value is -2.83. The van der Waals surface area contributed by atoms with E-state index in [-0.39, 0.29) is 24.8 Å². The number of hydrogen-bond donors (Lipinski definition) is 2. The van der Waals surface area contributed by atoms with Crippen LogP contribution in [0.1, 0.15) is 43.7 Å². The van der Waals surface area contributed by atoms with Crippen molar-refractivity contribution >= 4 is 28.7 Å². The second-order valence-electron chi connectivity index (χ2n) is 6.84. The highest BCUT2D eigenvalue weighted by atomic mass is 16.3. The molecule has 0 bridgehead atoms. The fourth-order valence-electron chi connectivity index (χ4n) is 3.26.